The Balaban J connectivity index is 1.94. The number of nitriles is 1. The van der Waals surface area contributed by atoms with E-state index in [0.717, 1.165) is 11.1 Å². The molecule has 0 aliphatic rings. The number of rotatable bonds is 6. The summed E-state index contributed by atoms with van der Waals surface area (Å²) in [6.45, 7) is 5.72. The summed E-state index contributed by atoms with van der Waals surface area (Å²) < 4.78 is 10.9. The quantitative estimate of drug-likeness (QED) is 0.594. The van der Waals surface area contributed by atoms with Crippen molar-refractivity contribution in [2.45, 2.75) is 32.9 Å². The zero-order chi connectivity index (χ0) is 21.1. The van der Waals surface area contributed by atoms with E-state index >= 15 is 0 Å². The molecule has 7 heteroatoms. The minimum Gasteiger partial charge on any atom is -0.495 e. The van der Waals surface area contributed by atoms with Crippen molar-refractivity contribution in [3.63, 3.8) is 0 Å². The van der Waals surface area contributed by atoms with Crippen molar-refractivity contribution in [3.8, 4) is 17.6 Å². The van der Waals surface area contributed by atoms with Gasteiger partial charge in [0.15, 0.2) is 0 Å². The molecular weight excluding hydrogens is 390 g/mol. The van der Waals surface area contributed by atoms with Crippen LogP contribution in [0.15, 0.2) is 41.2 Å². The van der Waals surface area contributed by atoms with Gasteiger partial charge in [-0.2, -0.15) is 5.26 Å². The fourth-order valence-corrected chi connectivity index (χ4v) is 3.31. The number of fused-ring (bicyclic) bond motifs is 1. The molecule has 1 heterocycles. The smallest absolute Gasteiger partial charge is 0.253 e. The molecule has 1 aromatic heterocycles. The molecule has 0 spiro atoms. The van der Waals surface area contributed by atoms with Gasteiger partial charge in [-0.25, -0.2) is 0 Å². The predicted octanol–water partition coefficient (Wildman–Crippen LogP) is 5.02. The Morgan fingerprint density at radius 1 is 1.14 bits per heavy atom. The standard InChI is InChI=1S/C22H22ClN3O3/c1-12(2)29-21-10-19-15(8-18(21)23)7-17(22(27)26-19)13(3)25-16-6-5-14(11-24)20(9-16)28-4/h5-10,12-13,25H,1-4H3,(H,26,27)/t13-/m0/s1. The number of hydrogen-bond donors (Lipinski definition) is 2. The number of anilines is 1. The van der Waals surface area contributed by atoms with Crippen LogP contribution in [-0.4, -0.2) is 18.2 Å². The van der Waals surface area contributed by atoms with Crippen molar-refractivity contribution >= 4 is 28.2 Å². The number of nitrogens with one attached hydrogen (secondary N) is 2. The summed E-state index contributed by atoms with van der Waals surface area (Å²) in [4.78, 5) is 15.6. The van der Waals surface area contributed by atoms with Crippen molar-refractivity contribution in [1.82, 2.24) is 4.98 Å². The molecule has 0 radical (unpaired) electrons. The number of hydrogen-bond acceptors (Lipinski definition) is 5. The van der Waals surface area contributed by atoms with Crippen LogP contribution in [0.2, 0.25) is 5.02 Å². The number of halogens is 1. The minimum absolute atomic E-state index is 0.0235. The van der Waals surface area contributed by atoms with E-state index in [1.165, 1.54) is 7.11 Å². The van der Waals surface area contributed by atoms with E-state index in [4.69, 9.17) is 26.3 Å². The summed E-state index contributed by atoms with van der Waals surface area (Å²) in [5.41, 5.74) is 2.21. The molecule has 2 aromatic carbocycles. The lowest BCUT2D eigenvalue weighted by Gasteiger charge is -2.17. The number of benzene rings is 2. The van der Waals surface area contributed by atoms with Gasteiger partial charge in [0.05, 0.1) is 35.4 Å². The van der Waals surface area contributed by atoms with Crippen LogP contribution in [0, 0.1) is 11.3 Å². The maximum absolute atomic E-state index is 12.7. The van der Waals surface area contributed by atoms with Crippen LogP contribution in [0.1, 0.15) is 37.9 Å². The molecular formula is C22H22ClN3O3. The van der Waals surface area contributed by atoms with Gasteiger partial charge in [-0.05, 0) is 45.0 Å². The van der Waals surface area contributed by atoms with E-state index < -0.39 is 0 Å². The Morgan fingerprint density at radius 2 is 1.90 bits per heavy atom. The summed E-state index contributed by atoms with van der Waals surface area (Å²) >= 11 is 6.34. The molecule has 0 saturated heterocycles. The van der Waals surface area contributed by atoms with Gasteiger partial charge in [0.2, 0.25) is 0 Å². The Kier molecular flexibility index (Phi) is 6.00. The van der Waals surface area contributed by atoms with Crippen molar-refractivity contribution in [1.29, 1.82) is 5.26 Å². The zero-order valence-corrected chi connectivity index (χ0v) is 17.4. The van der Waals surface area contributed by atoms with Crippen LogP contribution < -0.4 is 20.3 Å². The Bertz CT molecular complexity index is 1150. The van der Waals surface area contributed by atoms with E-state index in [1.807, 2.05) is 26.8 Å². The van der Waals surface area contributed by atoms with Crippen molar-refractivity contribution in [2.75, 3.05) is 12.4 Å². The van der Waals surface area contributed by atoms with Gasteiger partial charge in [0.25, 0.3) is 5.56 Å². The second-order valence-corrected chi connectivity index (χ2v) is 7.39. The minimum atomic E-state index is -0.286. The van der Waals surface area contributed by atoms with E-state index in [-0.39, 0.29) is 17.7 Å². The third-order valence-corrected chi connectivity index (χ3v) is 4.76. The maximum atomic E-state index is 12.7. The van der Waals surface area contributed by atoms with Crippen LogP contribution >= 0.6 is 11.6 Å². The largest absolute Gasteiger partial charge is 0.495 e. The fraction of sp³-hybridized carbons (Fsp3) is 0.273. The predicted molar refractivity (Wildman–Crippen MR) is 115 cm³/mol. The summed E-state index contributed by atoms with van der Waals surface area (Å²) in [6, 6.07) is 12.3. The highest BCUT2D eigenvalue weighted by atomic mass is 35.5. The first-order valence-corrected chi connectivity index (χ1v) is 9.58. The molecule has 6 nitrogen and oxygen atoms in total. The molecule has 0 bridgehead atoms. The van der Waals surface area contributed by atoms with Gasteiger partial charge < -0.3 is 19.8 Å². The number of ether oxygens (including phenoxy) is 2. The number of methoxy groups -OCH3 is 1. The molecule has 3 aromatic rings. The summed E-state index contributed by atoms with van der Waals surface area (Å²) in [7, 11) is 1.51. The first kappa shape index (κ1) is 20.6. The lowest BCUT2D eigenvalue weighted by Crippen LogP contribution is -2.19. The van der Waals surface area contributed by atoms with Crippen molar-refractivity contribution < 1.29 is 9.47 Å². The maximum Gasteiger partial charge on any atom is 0.253 e. The molecule has 0 fully saturated rings. The molecule has 2 N–H and O–H groups in total. The average molecular weight is 412 g/mol. The zero-order valence-electron chi connectivity index (χ0n) is 16.7. The monoisotopic (exact) mass is 411 g/mol. The third-order valence-electron chi connectivity index (χ3n) is 4.46. The average Bonchev–Trinajstić information content (AvgIpc) is 2.68. The van der Waals surface area contributed by atoms with Crippen LogP contribution in [0.5, 0.6) is 11.5 Å². The number of nitrogens with zero attached hydrogens (tertiary/aromatic N) is 1. The van der Waals surface area contributed by atoms with Gasteiger partial charge in [-0.1, -0.05) is 11.6 Å². The second kappa shape index (κ2) is 8.46. The summed E-state index contributed by atoms with van der Waals surface area (Å²) in [6.07, 6.45) is -0.0235. The van der Waals surface area contributed by atoms with Gasteiger partial charge in [0, 0.05) is 28.8 Å². The van der Waals surface area contributed by atoms with E-state index in [2.05, 4.69) is 16.4 Å². The molecule has 0 aliphatic heterocycles. The first-order chi connectivity index (χ1) is 13.8. The summed E-state index contributed by atoms with van der Waals surface area (Å²) in [5, 5.41) is 13.7. The number of H-pyrrole nitrogens is 1. The Morgan fingerprint density at radius 3 is 2.55 bits per heavy atom. The SMILES string of the molecule is COc1cc(N[C@@H](C)c2cc3cc(Cl)c(OC(C)C)cc3[nH]c2=O)ccc1C#N. The number of aromatic nitrogens is 1. The van der Waals surface area contributed by atoms with Gasteiger partial charge in [-0.15, -0.1) is 0 Å². The molecule has 0 unspecified atom stereocenters. The fourth-order valence-electron chi connectivity index (χ4n) is 3.09. The van der Waals surface area contributed by atoms with Crippen molar-refractivity contribution in [2.24, 2.45) is 0 Å². The van der Waals surface area contributed by atoms with Crippen molar-refractivity contribution in [3.05, 3.63) is 62.9 Å². The normalized spacial score (nSPS) is 11.9. The summed E-state index contributed by atoms with van der Waals surface area (Å²) in [5.74, 6) is 1.01. The molecule has 3 rings (SSSR count). The van der Waals surface area contributed by atoms with Gasteiger partial charge in [0.1, 0.15) is 17.6 Å². The number of pyridine rings is 1. The van der Waals surface area contributed by atoms with Gasteiger partial charge in [-0.3, -0.25) is 4.79 Å². The lowest BCUT2D eigenvalue weighted by molar-refractivity contribution is 0.243. The van der Waals surface area contributed by atoms with Gasteiger partial charge >= 0.3 is 0 Å². The Hall–Kier alpha value is -3.17. The first-order valence-electron chi connectivity index (χ1n) is 9.20. The van der Waals surface area contributed by atoms with Crippen LogP contribution in [0.25, 0.3) is 10.9 Å². The van der Waals surface area contributed by atoms with E-state index in [1.54, 1.807) is 30.3 Å². The highest BCUT2D eigenvalue weighted by Crippen LogP contribution is 2.31. The molecule has 150 valence electrons. The molecule has 1 atom stereocenters. The highest BCUT2D eigenvalue weighted by Gasteiger charge is 2.14. The Labute approximate surface area is 174 Å². The van der Waals surface area contributed by atoms with Crippen LogP contribution in [0.3, 0.4) is 0 Å². The molecule has 0 amide bonds. The second-order valence-electron chi connectivity index (χ2n) is 6.98. The van der Waals surface area contributed by atoms with Crippen LogP contribution in [0.4, 0.5) is 5.69 Å². The third kappa shape index (κ3) is 4.47. The lowest BCUT2D eigenvalue weighted by atomic mass is 10.1. The van der Waals surface area contributed by atoms with Crippen LogP contribution in [-0.2, 0) is 0 Å². The van der Waals surface area contributed by atoms with E-state index in [0.29, 0.717) is 33.2 Å². The molecule has 0 saturated carbocycles. The molecule has 29 heavy (non-hydrogen) atoms. The van der Waals surface area contributed by atoms with E-state index in [9.17, 15) is 4.79 Å². The number of aromatic amines is 1. The topological polar surface area (TPSA) is 87.1 Å². The molecule has 0 aliphatic carbocycles. The highest BCUT2D eigenvalue weighted by molar-refractivity contribution is 6.32.